The van der Waals surface area contributed by atoms with Crippen LogP contribution in [0, 0.1) is 0 Å². The first kappa shape index (κ1) is 16.1. The van der Waals surface area contributed by atoms with E-state index in [1.165, 1.54) is 0 Å². The molecule has 0 aliphatic rings. The minimum absolute atomic E-state index is 0.151. The molecule has 4 aromatic rings. The summed E-state index contributed by atoms with van der Waals surface area (Å²) in [6.45, 7) is 0.151. The molecule has 0 bridgehead atoms. The molecule has 3 aromatic heterocycles. The predicted molar refractivity (Wildman–Crippen MR) is 97.9 cm³/mol. The summed E-state index contributed by atoms with van der Waals surface area (Å²) in [5.41, 5.74) is 2.43. The van der Waals surface area contributed by atoms with Gasteiger partial charge in [-0.1, -0.05) is 23.7 Å². The van der Waals surface area contributed by atoms with Gasteiger partial charge in [-0.25, -0.2) is 9.97 Å². The molecule has 3 heterocycles. The Morgan fingerprint density at radius 1 is 1.16 bits per heavy atom. The number of hydrogen-bond acceptors (Lipinski definition) is 5. The summed E-state index contributed by atoms with van der Waals surface area (Å²) in [7, 11) is 0. The van der Waals surface area contributed by atoms with Crippen LogP contribution in [-0.2, 0) is 22.6 Å². The van der Waals surface area contributed by atoms with Gasteiger partial charge in [0.15, 0.2) is 0 Å². The monoisotopic (exact) mass is 371 g/mol. The molecule has 4 rings (SSSR count). The number of aryl methyl sites for hydroxylation is 1. The molecule has 0 spiro atoms. The number of hydrogen-bond donors (Lipinski definition) is 0. The molecule has 7 heteroatoms. The lowest BCUT2D eigenvalue weighted by Gasteiger charge is -2.01. The molecule has 0 amide bonds. The third-order valence-electron chi connectivity index (χ3n) is 3.73. The van der Waals surface area contributed by atoms with Gasteiger partial charge in [0, 0.05) is 18.8 Å². The van der Waals surface area contributed by atoms with Gasteiger partial charge in [-0.3, -0.25) is 4.79 Å². The number of nitrogens with zero attached hydrogens (tertiary/aromatic N) is 3. The fraction of sp³-hybridized carbons (Fsp3) is 0.167. The van der Waals surface area contributed by atoms with Crippen molar-refractivity contribution < 1.29 is 9.53 Å². The number of ether oxygens (including phenoxy) is 1. The van der Waals surface area contributed by atoms with E-state index in [4.69, 9.17) is 16.3 Å². The van der Waals surface area contributed by atoms with Gasteiger partial charge in [0.25, 0.3) is 0 Å². The van der Waals surface area contributed by atoms with Gasteiger partial charge in [0.05, 0.1) is 32.4 Å². The molecule has 1 aromatic carbocycles. The van der Waals surface area contributed by atoms with Crippen molar-refractivity contribution in [3.05, 3.63) is 64.5 Å². The van der Waals surface area contributed by atoms with E-state index < -0.39 is 0 Å². The number of imidazole rings is 1. The third-order valence-corrected chi connectivity index (χ3v) is 5.05. The van der Waals surface area contributed by atoms with E-state index in [9.17, 15) is 4.79 Å². The van der Waals surface area contributed by atoms with Crippen LogP contribution in [0.2, 0.25) is 5.02 Å². The summed E-state index contributed by atoms with van der Waals surface area (Å²) in [5, 5.41) is 1.57. The van der Waals surface area contributed by atoms with E-state index in [-0.39, 0.29) is 12.6 Å². The molecule has 126 valence electrons. The molecule has 0 radical (unpaired) electrons. The molecule has 5 nitrogen and oxygen atoms in total. The zero-order valence-corrected chi connectivity index (χ0v) is 14.8. The molecular formula is C18H14ClN3O2S. The maximum Gasteiger partial charge on any atom is 0.306 e. The van der Waals surface area contributed by atoms with Crippen molar-refractivity contribution in [3.63, 3.8) is 0 Å². The minimum Gasteiger partial charge on any atom is -0.459 e. The summed E-state index contributed by atoms with van der Waals surface area (Å²) >= 11 is 7.56. The molecule has 0 N–H and O–H groups in total. The lowest BCUT2D eigenvalue weighted by atomic mass is 10.3. The van der Waals surface area contributed by atoms with Crippen molar-refractivity contribution in [1.29, 1.82) is 0 Å². The van der Waals surface area contributed by atoms with E-state index in [2.05, 4.69) is 9.97 Å². The topological polar surface area (TPSA) is 56.5 Å². The van der Waals surface area contributed by atoms with Crippen LogP contribution in [-0.4, -0.2) is 20.3 Å². The zero-order chi connectivity index (χ0) is 17.2. The number of esters is 1. The first-order chi connectivity index (χ1) is 12.2. The summed E-state index contributed by atoms with van der Waals surface area (Å²) in [5.74, 6) is -0.255. The van der Waals surface area contributed by atoms with Crippen molar-refractivity contribution >= 4 is 44.8 Å². The number of halogens is 1. The Bertz CT molecular complexity index is 1020. The molecule has 0 aliphatic carbocycles. The summed E-state index contributed by atoms with van der Waals surface area (Å²) in [6, 6.07) is 11.6. The zero-order valence-electron chi connectivity index (χ0n) is 13.2. The van der Waals surface area contributed by atoms with Crippen molar-refractivity contribution in [2.45, 2.75) is 19.4 Å². The van der Waals surface area contributed by atoms with E-state index in [0.717, 1.165) is 20.9 Å². The highest BCUT2D eigenvalue weighted by molar-refractivity contribution is 7.18. The highest BCUT2D eigenvalue weighted by Gasteiger charge is 2.09. The lowest BCUT2D eigenvalue weighted by Crippen LogP contribution is -2.06. The Labute approximate surface area is 152 Å². The Kier molecular flexibility index (Phi) is 4.38. The normalized spacial score (nSPS) is 11.2. The van der Waals surface area contributed by atoms with Gasteiger partial charge in [-0.15, -0.1) is 11.3 Å². The first-order valence-electron chi connectivity index (χ1n) is 7.80. The Hall–Kier alpha value is -2.44. The highest BCUT2D eigenvalue weighted by Crippen LogP contribution is 2.22. The summed E-state index contributed by atoms with van der Waals surface area (Å²) in [6.07, 6.45) is 4.46. The van der Waals surface area contributed by atoms with Gasteiger partial charge in [-0.2, -0.15) is 0 Å². The molecule has 0 unspecified atom stereocenters. The number of aromatic nitrogens is 3. The van der Waals surface area contributed by atoms with Gasteiger partial charge < -0.3 is 9.14 Å². The Morgan fingerprint density at radius 2 is 2.04 bits per heavy atom. The number of benzene rings is 1. The number of thiazole rings is 1. The second kappa shape index (κ2) is 6.82. The van der Waals surface area contributed by atoms with Gasteiger partial charge >= 0.3 is 5.97 Å². The van der Waals surface area contributed by atoms with Crippen molar-refractivity contribution in [2.24, 2.45) is 0 Å². The van der Waals surface area contributed by atoms with Crippen molar-refractivity contribution in [1.82, 2.24) is 14.4 Å². The van der Waals surface area contributed by atoms with E-state index >= 15 is 0 Å². The number of rotatable bonds is 5. The average molecular weight is 372 g/mol. The molecular weight excluding hydrogens is 358 g/mol. The van der Waals surface area contributed by atoms with E-state index in [1.807, 2.05) is 40.9 Å². The van der Waals surface area contributed by atoms with Crippen LogP contribution >= 0.6 is 22.9 Å². The summed E-state index contributed by atoms with van der Waals surface area (Å²) < 4.78 is 8.26. The van der Waals surface area contributed by atoms with Crippen LogP contribution in [0.25, 0.3) is 15.9 Å². The first-order valence-corrected chi connectivity index (χ1v) is 9.00. The van der Waals surface area contributed by atoms with Crippen LogP contribution in [0.4, 0.5) is 0 Å². The van der Waals surface area contributed by atoms with E-state index in [0.29, 0.717) is 23.6 Å². The van der Waals surface area contributed by atoms with Crippen molar-refractivity contribution in [3.8, 4) is 0 Å². The fourth-order valence-corrected chi connectivity index (χ4v) is 3.68. The van der Waals surface area contributed by atoms with Crippen LogP contribution in [0.3, 0.4) is 0 Å². The van der Waals surface area contributed by atoms with Gasteiger partial charge in [0.1, 0.15) is 12.3 Å². The molecule has 0 saturated carbocycles. The number of fused-ring (bicyclic) bond motifs is 2. The second-order valence-corrected chi connectivity index (χ2v) is 7.13. The Balaban J connectivity index is 1.33. The molecule has 0 saturated heterocycles. The highest BCUT2D eigenvalue weighted by atomic mass is 35.5. The predicted octanol–water partition coefficient (Wildman–Crippen LogP) is 4.27. The van der Waals surface area contributed by atoms with Gasteiger partial charge in [-0.05, 0) is 24.3 Å². The molecule has 0 aliphatic heterocycles. The average Bonchev–Trinajstić information content (AvgIpc) is 3.20. The summed E-state index contributed by atoms with van der Waals surface area (Å²) in [4.78, 5) is 20.9. The lowest BCUT2D eigenvalue weighted by molar-refractivity contribution is -0.145. The number of carbonyl (C=O) groups is 1. The molecule has 0 atom stereocenters. The smallest absolute Gasteiger partial charge is 0.306 e. The number of para-hydroxylation sites is 1. The molecule has 0 fully saturated rings. The number of carbonyl (C=O) groups excluding carboxylic acids is 1. The molecule has 25 heavy (non-hydrogen) atoms. The van der Waals surface area contributed by atoms with Crippen LogP contribution < -0.4 is 0 Å². The quantitative estimate of drug-likeness (QED) is 0.491. The Morgan fingerprint density at radius 3 is 2.92 bits per heavy atom. The van der Waals surface area contributed by atoms with Crippen LogP contribution in [0.1, 0.15) is 17.1 Å². The minimum atomic E-state index is -0.255. The maximum atomic E-state index is 12.0. The maximum absolute atomic E-state index is 12.0. The SMILES string of the molecule is O=C(CCc1nc2ccccc2s1)OCc1cn2cc(Cl)ccc2n1. The van der Waals surface area contributed by atoms with E-state index in [1.54, 1.807) is 23.6 Å². The fourth-order valence-electron chi connectivity index (χ4n) is 2.55. The van der Waals surface area contributed by atoms with Crippen LogP contribution in [0.5, 0.6) is 0 Å². The third kappa shape index (κ3) is 3.65. The van der Waals surface area contributed by atoms with Gasteiger partial charge in [0.2, 0.25) is 0 Å². The van der Waals surface area contributed by atoms with Crippen molar-refractivity contribution in [2.75, 3.05) is 0 Å². The van der Waals surface area contributed by atoms with Crippen LogP contribution in [0.15, 0.2) is 48.8 Å². The largest absolute Gasteiger partial charge is 0.459 e. The second-order valence-electron chi connectivity index (χ2n) is 5.58. The standard InChI is InChI=1S/C18H14ClN3O2S/c19-12-5-6-16-20-13(10-22(16)9-12)11-24-18(23)8-7-17-21-14-3-1-2-4-15(14)25-17/h1-6,9-10H,7-8,11H2. The number of pyridine rings is 1.